The molecule has 0 amide bonds. The Labute approximate surface area is 127 Å². The Morgan fingerprint density at radius 2 is 1.85 bits per heavy atom. The van der Waals surface area contributed by atoms with E-state index in [1.54, 1.807) is 0 Å². The monoisotopic (exact) mass is 326 g/mol. The highest BCUT2D eigenvalue weighted by atomic mass is 79.9. The number of fused-ring (bicyclic) bond motifs is 1. The molecular formula is C17H15BrN2. The van der Waals surface area contributed by atoms with Crippen LogP contribution in [0.3, 0.4) is 0 Å². The normalized spacial score (nSPS) is 10.7. The Kier molecular flexibility index (Phi) is 3.70. The molecule has 2 aromatic carbocycles. The molecule has 2 nitrogen and oxygen atoms in total. The first-order valence-electron chi connectivity index (χ1n) is 6.58. The SMILES string of the molecule is Cc1cc(NCc2ccccc2)c2cccc(Br)c2n1. The Bertz CT molecular complexity index is 739. The fourth-order valence-electron chi connectivity index (χ4n) is 2.28. The topological polar surface area (TPSA) is 24.9 Å². The van der Waals surface area contributed by atoms with Crippen LogP contribution in [0.15, 0.2) is 59.1 Å². The number of benzene rings is 2. The molecule has 100 valence electrons. The summed E-state index contributed by atoms with van der Waals surface area (Å²) in [6.45, 7) is 2.83. The summed E-state index contributed by atoms with van der Waals surface area (Å²) in [5, 5.41) is 4.65. The zero-order valence-corrected chi connectivity index (χ0v) is 12.8. The lowest BCUT2D eigenvalue weighted by atomic mass is 10.1. The van der Waals surface area contributed by atoms with Crippen molar-refractivity contribution >= 4 is 32.5 Å². The van der Waals surface area contributed by atoms with Gasteiger partial charge in [0, 0.05) is 27.8 Å². The number of nitrogens with one attached hydrogen (secondary N) is 1. The fraction of sp³-hybridized carbons (Fsp3) is 0.118. The van der Waals surface area contributed by atoms with Gasteiger partial charge in [0.05, 0.1) is 5.52 Å². The highest BCUT2D eigenvalue weighted by Gasteiger charge is 2.06. The van der Waals surface area contributed by atoms with E-state index in [2.05, 4.69) is 62.6 Å². The molecule has 3 heteroatoms. The Hall–Kier alpha value is -1.87. The van der Waals surface area contributed by atoms with Crippen molar-refractivity contribution in [3.63, 3.8) is 0 Å². The minimum absolute atomic E-state index is 0.811. The van der Waals surface area contributed by atoms with Crippen LogP contribution in [0.25, 0.3) is 10.9 Å². The van der Waals surface area contributed by atoms with Gasteiger partial charge in [-0.15, -0.1) is 0 Å². The van der Waals surface area contributed by atoms with Crippen molar-refractivity contribution in [2.45, 2.75) is 13.5 Å². The van der Waals surface area contributed by atoms with Gasteiger partial charge in [-0.3, -0.25) is 4.98 Å². The number of hydrogen-bond donors (Lipinski definition) is 1. The third kappa shape index (κ3) is 2.68. The molecule has 1 heterocycles. The van der Waals surface area contributed by atoms with Gasteiger partial charge in [-0.1, -0.05) is 42.5 Å². The first-order chi connectivity index (χ1) is 9.74. The molecular weight excluding hydrogens is 312 g/mol. The number of rotatable bonds is 3. The van der Waals surface area contributed by atoms with E-state index >= 15 is 0 Å². The van der Waals surface area contributed by atoms with Crippen molar-refractivity contribution in [2.75, 3.05) is 5.32 Å². The highest BCUT2D eigenvalue weighted by molar-refractivity contribution is 9.10. The van der Waals surface area contributed by atoms with Crippen molar-refractivity contribution in [1.29, 1.82) is 0 Å². The van der Waals surface area contributed by atoms with Gasteiger partial charge in [0.2, 0.25) is 0 Å². The lowest BCUT2D eigenvalue weighted by molar-refractivity contribution is 1.14. The Balaban J connectivity index is 1.97. The van der Waals surface area contributed by atoms with E-state index in [1.807, 2.05) is 25.1 Å². The van der Waals surface area contributed by atoms with Crippen LogP contribution in [-0.2, 0) is 6.54 Å². The summed E-state index contributed by atoms with van der Waals surface area (Å²) in [5.41, 5.74) is 4.41. The van der Waals surface area contributed by atoms with Crippen molar-refractivity contribution < 1.29 is 0 Å². The first-order valence-corrected chi connectivity index (χ1v) is 7.37. The second-order valence-electron chi connectivity index (χ2n) is 4.79. The molecule has 0 unspecified atom stereocenters. The molecule has 0 aliphatic heterocycles. The van der Waals surface area contributed by atoms with E-state index in [-0.39, 0.29) is 0 Å². The molecule has 20 heavy (non-hydrogen) atoms. The Morgan fingerprint density at radius 1 is 1.05 bits per heavy atom. The lowest BCUT2D eigenvalue weighted by Gasteiger charge is -2.11. The molecule has 0 fully saturated rings. The molecule has 0 aliphatic carbocycles. The molecule has 1 aromatic heterocycles. The average Bonchev–Trinajstić information content (AvgIpc) is 2.47. The van der Waals surface area contributed by atoms with Crippen molar-refractivity contribution in [3.8, 4) is 0 Å². The van der Waals surface area contributed by atoms with Gasteiger partial charge in [-0.05, 0) is 40.5 Å². The molecule has 0 radical (unpaired) electrons. The highest BCUT2D eigenvalue weighted by Crippen LogP contribution is 2.28. The molecule has 3 rings (SSSR count). The van der Waals surface area contributed by atoms with Crippen molar-refractivity contribution in [2.24, 2.45) is 0 Å². The molecule has 0 atom stereocenters. The molecule has 0 saturated carbocycles. The number of para-hydroxylation sites is 1. The van der Waals surface area contributed by atoms with E-state index in [0.717, 1.165) is 33.3 Å². The van der Waals surface area contributed by atoms with Crippen LogP contribution in [-0.4, -0.2) is 4.98 Å². The van der Waals surface area contributed by atoms with Crippen LogP contribution in [0.4, 0.5) is 5.69 Å². The van der Waals surface area contributed by atoms with Crippen LogP contribution in [0.2, 0.25) is 0 Å². The maximum absolute atomic E-state index is 4.60. The molecule has 1 N–H and O–H groups in total. The average molecular weight is 327 g/mol. The fourth-order valence-corrected chi connectivity index (χ4v) is 2.74. The van der Waals surface area contributed by atoms with Crippen LogP contribution >= 0.6 is 15.9 Å². The van der Waals surface area contributed by atoms with Gasteiger partial charge in [0.25, 0.3) is 0 Å². The minimum atomic E-state index is 0.811. The minimum Gasteiger partial charge on any atom is -0.380 e. The predicted molar refractivity (Wildman–Crippen MR) is 87.9 cm³/mol. The third-order valence-electron chi connectivity index (χ3n) is 3.24. The summed E-state index contributed by atoms with van der Waals surface area (Å²) in [6, 6.07) is 18.7. The van der Waals surface area contributed by atoms with Crippen LogP contribution in [0.1, 0.15) is 11.3 Å². The number of aromatic nitrogens is 1. The summed E-state index contributed by atoms with van der Waals surface area (Å²) >= 11 is 3.57. The molecule has 0 saturated heterocycles. The Morgan fingerprint density at radius 3 is 2.65 bits per heavy atom. The standard InChI is InChI=1S/C17H15BrN2/c1-12-10-16(19-11-13-6-3-2-4-7-13)14-8-5-9-15(18)17(14)20-12/h2-10H,11H2,1H3,(H,19,20). The van der Waals surface area contributed by atoms with Gasteiger partial charge in [-0.25, -0.2) is 0 Å². The largest absolute Gasteiger partial charge is 0.380 e. The molecule has 0 aliphatic rings. The van der Waals surface area contributed by atoms with Crippen LogP contribution in [0.5, 0.6) is 0 Å². The maximum atomic E-state index is 4.60. The second-order valence-corrected chi connectivity index (χ2v) is 5.64. The van der Waals surface area contributed by atoms with Gasteiger partial charge in [-0.2, -0.15) is 0 Å². The smallest absolute Gasteiger partial charge is 0.0867 e. The van der Waals surface area contributed by atoms with Crippen LogP contribution in [0, 0.1) is 6.92 Å². The number of hydrogen-bond acceptors (Lipinski definition) is 2. The summed E-state index contributed by atoms with van der Waals surface area (Å²) in [4.78, 5) is 4.60. The quantitative estimate of drug-likeness (QED) is 0.739. The number of aryl methyl sites for hydroxylation is 1. The molecule has 0 spiro atoms. The maximum Gasteiger partial charge on any atom is 0.0867 e. The summed E-state index contributed by atoms with van der Waals surface area (Å²) in [7, 11) is 0. The third-order valence-corrected chi connectivity index (χ3v) is 3.88. The zero-order chi connectivity index (χ0) is 13.9. The molecule has 3 aromatic rings. The predicted octanol–water partition coefficient (Wildman–Crippen LogP) is 4.92. The van der Waals surface area contributed by atoms with E-state index < -0.39 is 0 Å². The van der Waals surface area contributed by atoms with Gasteiger partial charge in [0.15, 0.2) is 0 Å². The van der Waals surface area contributed by atoms with Crippen molar-refractivity contribution in [3.05, 3.63) is 70.3 Å². The second kappa shape index (κ2) is 5.63. The number of pyridine rings is 1. The van der Waals surface area contributed by atoms with Gasteiger partial charge < -0.3 is 5.32 Å². The first kappa shape index (κ1) is 13.1. The molecule has 0 bridgehead atoms. The van der Waals surface area contributed by atoms with E-state index in [1.165, 1.54) is 5.56 Å². The summed E-state index contributed by atoms with van der Waals surface area (Å²) in [5.74, 6) is 0. The number of anilines is 1. The van der Waals surface area contributed by atoms with Crippen molar-refractivity contribution in [1.82, 2.24) is 4.98 Å². The summed E-state index contributed by atoms with van der Waals surface area (Å²) < 4.78 is 1.03. The van der Waals surface area contributed by atoms with Crippen LogP contribution < -0.4 is 5.32 Å². The van der Waals surface area contributed by atoms with E-state index in [4.69, 9.17) is 0 Å². The lowest BCUT2D eigenvalue weighted by Crippen LogP contribution is -2.01. The van der Waals surface area contributed by atoms with E-state index in [9.17, 15) is 0 Å². The van der Waals surface area contributed by atoms with E-state index in [0.29, 0.717) is 0 Å². The summed E-state index contributed by atoms with van der Waals surface area (Å²) in [6.07, 6.45) is 0. The van der Waals surface area contributed by atoms with Gasteiger partial charge in [0.1, 0.15) is 0 Å². The number of halogens is 1. The number of nitrogens with zero attached hydrogens (tertiary/aromatic N) is 1. The zero-order valence-electron chi connectivity index (χ0n) is 11.2. The van der Waals surface area contributed by atoms with Gasteiger partial charge >= 0.3 is 0 Å².